The van der Waals surface area contributed by atoms with Crippen molar-refractivity contribution in [2.45, 2.75) is 32.1 Å². The molecular weight excluding hydrogens is 392 g/mol. The first-order valence-electron chi connectivity index (χ1n) is 10.7. The summed E-state index contributed by atoms with van der Waals surface area (Å²) in [5, 5.41) is 6.52. The third kappa shape index (κ3) is 3.36. The van der Waals surface area contributed by atoms with Crippen LogP contribution >= 0.6 is 0 Å². The van der Waals surface area contributed by atoms with Crippen LogP contribution in [0.5, 0.6) is 0 Å². The van der Waals surface area contributed by atoms with Gasteiger partial charge in [0.1, 0.15) is 0 Å². The van der Waals surface area contributed by atoms with Gasteiger partial charge in [-0.25, -0.2) is 0 Å². The Morgan fingerprint density at radius 3 is 2.90 bits per heavy atom. The summed E-state index contributed by atoms with van der Waals surface area (Å²) in [5.41, 5.74) is 5.68. The molecule has 158 valence electrons. The van der Waals surface area contributed by atoms with Crippen molar-refractivity contribution >= 4 is 40.0 Å². The number of rotatable bonds is 4. The van der Waals surface area contributed by atoms with Gasteiger partial charge in [0.2, 0.25) is 5.91 Å². The van der Waals surface area contributed by atoms with Crippen molar-refractivity contribution in [2.24, 2.45) is 0 Å². The van der Waals surface area contributed by atoms with E-state index in [4.69, 9.17) is 0 Å². The molecule has 7 nitrogen and oxygen atoms in total. The van der Waals surface area contributed by atoms with Crippen LogP contribution in [0.4, 0.5) is 11.4 Å². The van der Waals surface area contributed by atoms with E-state index >= 15 is 0 Å². The van der Waals surface area contributed by atoms with E-state index in [0.717, 1.165) is 52.7 Å². The van der Waals surface area contributed by atoms with E-state index in [1.807, 2.05) is 54.4 Å². The quantitative estimate of drug-likeness (QED) is 0.571. The van der Waals surface area contributed by atoms with Crippen molar-refractivity contribution in [1.29, 1.82) is 0 Å². The van der Waals surface area contributed by atoms with Crippen LogP contribution < -0.4 is 15.5 Å². The number of carbonyl (C=O) groups excluding carboxylic acids is 3. The summed E-state index contributed by atoms with van der Waals surface area (Å²) in [6.45, 7) is 3.00. The molecule has 31 heavy (non-hydrogen) atoms. The summed E-state index contributed by atoms with van der Waals surface area (Å²) in [6.07, 6.45) is 4.32. The van der Waals surface area contributed by atoms with Gasteiger partial charge in [0, 0.05) is 35.9 Å². The molecule has 2 aromatic carbocycles. The Hall–Kier alpha value is -3.61. The van der Waals surface area contributed by atoms with Gasteiger partial charge in [-0.05, 0) is 61.1 Å². The monoisotopic (exact) mass is 416 g/mol. The molecule has 0 bridgehead atoms. The fraction of sp³-hybridized carbons (Fsp3) is 0.292. The molecule has 1 atom stereocenters. The number of aromatic nitrogens is 1. The van der Waals surface area contributed by atoms with Crippen molar-refractivity contribution in [3.63, 3.8) is 0 Å². The average Bonchev–Trinajstić information content (AvgIpc) is 3.30. The maximum atomic E-state index is 12.5. The zero-order valence-electron chi connectivity index (χ0n) is 17.3. The number of nitrogens with zero attached hydrogens (tertiary/aromatic N) is 1. The maximum Gasteiger partial charge on any atom is 0.313 e. The van der Waals surface area contributed by atoms with E-state index < -0.39 is 11.8 Å². The molecule has 0 saturated carbocycles. The topological polar surface area (TPSA) is 94.3 Å². The first-order valence-corrected chi connectivity index (χ1v) is 10.7. The van der Waals surface area contributed by atoms with Gasteiger partial charge in [-0.3, -0.25) is 14.4 Å². The minimum absolute atomic E-state index is 0.106. The minimum atomic E-state index is -0.698. The van der Waals surface area contributed by atoms with E-state index in [9.17, 15) is 14.4 Å². The molecule has 0 unspecified atom stereocenters. The number of amides is 3. The lowest BCUT2D eigenvalue weighted by Crippen LogP contribution is -2.36. The fourth-order valence-electron chi connectivity index (χ4n) is 4.68. The van der Waals surface area contributed by atoms with Crippen LogP contribution in [0.3, 0.4) is 0 Å². The molecule has 2 aliphatic rings. The molecule has 3 heterocycles. The number of anilines is 2. The van der Waals surface area contributed by atoms with Crippen LogP contribution in [0.1, 0.15) is 36.0 Å². The Balaban J connectivity index is 1.23. The molecule has 2 aliphatic heterocycles. The molecule has 3 amide bonds. The second-order valence-electron chi connectivity index (χ2n) is 8.21. The van der Waals surface area contributed by atoms with Crippen LogP contribution in [0.25, 0.3) is 10.9 Å². The Morgan fingerprint density at radius 1 is 1.19 bits per heavy atom. The van der Waals surface area contributed by atoms with E-state index in [1.54, 1.807) is 0 Å². The molecule has 0 radical (unpaired) electrons. The van der Waals surface area contributed by atoms with Crippen LogP contribution in [0.15, 0.2) is 42.6 Å². The van der Waals surface area contributed by atoms with E-state index in [-0.39, 0.29) is 11.8 Å². The minimum Gasteiger partial charge on any atom is -0.361 e. The molecule has 7 heteroatoms. The average molecular weight is 416 g/mol. The lowest BCUT2D eigenvalue weighted by molar-refractivity contribution is -0.136. The molecule has 0 spiro atoms. The van der Waals surface area contributed by atoms with Gasteiger partial charge in [0.25, 0.3) is 0 Å². The van der Waals surface area contributed by atoms with Crippen molar-refractivity contribution < 1.29 is 14.4 Å². The molecular formula is C24H24N4O3. The number of hydrogen-bond acceptors (Lipinski definition) is 3. The summed E-state index contributed by atoms with van der Waals surface area (Å²) in [6, 6.07) is 11.7. The van der Waals surface area contributed by atoms with Crippen molar-refractivity contribution in [3.8, 4) is 0 Å². The Kier molecular flexibility index (Phi) is 4.73. The summed E-state index contributed by atoms with van der Waals surface area (Å²) in [5.74, 6) is -1.49. The highest BCUT2D eigenvalue weighted by Gasteiger charge is 2.38. The van der Waals surface area contributed by atoms with Crippen molar-refractivity contribution in [2.75, 3.05) is 23.3 Å². The van der Waals surface area contributed by atoms with Crippen molar-refractivity contribution in [3.05, 3.63) is 59.3 Å². The van der Waals surface area contributed by atoms with Gasteiger partial charge in [0.15, 0.2) is 0 Å². The van der Waals surface area contributed by atoms with Gasteiger partial charge in [-0.15, -0.1) is 0 Å². The van der Waals surface area contributed by atoms with Crippen LogP contribution in [-0.2, 0) is 27.2 Å². The highest BCUT2D eigenvalue weighted by molar-refractivity contribution is 6.39. The first kappa shape index (κ1) is 19.4. The number of benzene rings is 2. The molecule has 3 aromatic rings. The standard InChI is InChI=1S/C24H24N4O3/c1-14-19-12-17(11-15-5-4-10-28(21(15)19)24(14)31)27-23(30)22(29)25-9-8-16-13-26-20-7-3-2-6-18(16)20/h2-3,6-7,11-14,26H,4-5,8-10H2,1H3,(H,25,29)(H,27,30)/t14-/m1/s1. The van der Waals surface area contributed by atoms with Crippen molar-refractivity contribution in [1.82, 2.24) is 10.3 Å². The predicted molar refractivity (Wildman–Crippen MR) is 119 cm³/mol. The predicted octanol–water partition coefficient (Wildman–Crippen LogP) is 2.86. The first-order chi connectivity index (χ1) is 15.0. The third-order valence-electron chi connectivity index (χ3n) is 6.24. The second kappa shape index (κ2) is 7.58. The highest BCUT2D eigenvalue weighted by atomic mass is 16.2. The second-order valence-corrected chi connectivity index (χ2v) is 8.21. The number of carbonyl (C=O) groups is 3. The molecule has 1 aromatic heterocycles. The van der Waals surface area contributed by atoms with Gasteiger partial charge in [-0.1, -0.05) is 18.2 Å². The molecule has 3 N–H and O–H groups in total. The lowest BCUT2D eigenvalue weighted by atomic mass is 9.96. The number of fused-ring (bicyclic) bond motifs is 1. The summed E-state index contributed by atoms with van der Waals surface area (Å²) < 4.78 is 0. The molecule has 0 aliphatic carbocycles. The zero-order chi connectivity index (χ0) is 21.5. The van der Waals surface area contributed by atoms with Gasteiger partial charge >= 0.3 is 11.8 Å². The third-order valence-corrected chi connectivity index (χ3v) is 6.24. The summed E-state index contributed by atoms with van der Waals surface area (Å²) >= 11 is 0. The van der Waals surface area contributed by atoms with E-state index in [0.29, 0.717) is 18.7 Å². The van der Waals surface area contributed by atoms with Crippen LogP contribution in [0, 0.1) is 0 Å². The maximum absolute atomic E-state index is 12.5. The zero-order valence-corrected chi connectivity index (χ0v) is 17.3. The molecule has 5 rings (SSSR count). The molecule has 0 fully saturated rings. The Bertz CT molecular complexity index is 1210. The van der Waals surface area contributed by atoms with Crippen LogP contribution in [0.2, 0.25) is 0 Å². The van der Waals surface area contributed by atoms with Gasteiger partial charge in [-0.2, -0.15) is 0 Å². The number of aromatic amines is 1. The summed E-state index contributed by atoms with van der Waals surface area (Å²) in [7, 11) is 0. The van der Waals surface area contributed by atoms with E-state index in [2.05, 4.69) is 15.6 Å². The smallest absolute Gasteiger partial charge is 0.313 e. The number of hydrogen-bond donors (Lipinski definition) is 3. The number of nitrogens with one attached hydrogen (secondary N) is 3. The highest BCUT2D eigenvalue weighted by Crippen LogP contribution is 2.44. The Morgan fingerprint density at radius 2 is 2.03 bits per heavy atom. The number of para-hydroxylation sites is 1. The largest absolute Gasteiger partial charge is 0.361 e. The normalized spacial score (nSPS) is 17.0. The number of H-pyrrole nitrogens is 1. The Labute approximate surface area is 179 Å². The summed E-state index contributed by atoms with van der Waals surface area (Å²) in [4.78, 5) is 42.3. The van der Waals surface area contributed by atoms with Gasteiger partial charge < -0.3 is 20.5 Å². The SMILES string of the molecule is C[C@H]1C(=O)N2CCCc3cc(NC(=O)C(=O)NCCc4c[nH]c5ccccc45)cc1c32. The van der Waals surface area contributed by atoms with E-state index in [1.165, 1.54) is 0 Å². The lowest BCUT2D eigenvalue weighted by Gasteiger charge is -2.26. The van der Waals surface area contributed by atoms with Gasteiger partial charge in [0.05, 0.1) is 11.6 Å². The van der Waals surface area contributed by atoms with Crippen LogP contribution in [-0.4, -0.2) is 35.8 Å². The fourth-order valence-corrected chi connectivity index (χ4v) is 4.68. The number of aryl methyl sites for hydroxylation is 1. The molecule has 0 saturated heterocycles.